The molecule has 18 heteroatoms. The summed E-state index contributed by atoms with van der Waals surface area (Å²) in [5.41, 5.74) is 3.02. The van der Waals surface area contributed by atoms with Gasteiger partial charge in [0.1, 0.15) is 31.2 Å². The van der Waals surface area contributed by atoms with Crippen molar-refractivity contribution in [1.82, 2.24) is 0 Å². The predicted molar refractivity (Wildman–Crippen MR) is 190 cm³/mol. The molecular formula is C35H38O14S4. The predicted octanol–water partition coefficient (Wildman–Crippen LogP) is 4.32. The van der Waals surface area contributed by atoms with Gasteiger partial charge < -0.3 is 9.47 Å². The van der Waals surface area contributed by atoms with Crippen molar-refractivity contribution in [3.63, 3.8) is 0 Å². The highest BCUT2D eigenvalue weighted by atomic mass is 32.2. The Hall–Kier alpha value is -3.56. The van der Waals surface area contributed by atoms with E-state index in [0.29, 0.717) is 0 Å². The molecule has 4 atom stereocenters. The first-order valence-corrected chi connectivity index (χ1v) is 21.6. The molecule has 1 fully saturated rings. The van der Waals surface area contributed by atoms with Crippen LogP contribution in [0, 0.1) is 27.7 Å². The first-order chi connectivity index (χ1) is 24.9. The molecule has 14 nitrogen and oxygen atoms in total. The molecular weight excluding hydrogens is 773 g/mol. The van der Waals surface area contributed by atoms with Crippen LogP contribution in [0.2, 0.25) is 0 Å². The fourth-order valence-electron chi connectivity index (χ4n) is 5.05. The van der Waals surface area contributed by atoms with Gasteiger partial charge in [-0.3, -0.25) is 16.7 Å². The summed E-state index contributed by atoms with van der Waals surface area (Å²) in [4.78, 5) is -1.06. The zero-order chi connectivity index (χ0) is 38.6. The topological polar surface area (TPSA) is 192 Å². The third kappa shape index (κ3) is 10.4. The first-order valence-electron chi connectivity index (χ1n) is 16.0. The molecule has 1 aliphatic rings. The van der Waals surface area contributed by atoms with E-state index in [1.165, 1.54) is 84.9 Å². The lowest BCUT2D eigenvalue weighted by Gasteiger charge is -2.39. The van der Waals surface area contributed by atoms with Crippen molar-refractivity contribution in [1.29, 1.82) is 0 Å². The molecule has 1 heterocycles. The van der Waals surface area contributed by atoms with Crippen LogP contribution in [0.15, 0.2) is 117 Å². The van der Waals surface area contributed by atoms with Crippen LogP contribution in [0.1, 0.15) is 22.3 Å². The van der Waals surface area contributed by atoms with Crippen molar-refractivity contribution < 1.29 is 59.9 Å². The number of hydrogen-bond donors (Lipinski definition) is 0. The maximum absolute atomic E-state index is 13.7. The Labute approximate surface area is 310 Å². The average Bonchev–Trinajstić information content (AvgIpc) is 3.10. The van der Waals surface area contributed by atoms with Gasteiger partial charge in [0.2, 0.25) is 0 Å². The van der Waals surface area contributed by atoms with Crippen LogP contribution in [-0.4, -0.2) is 78.1 Å². The van der Waals surface area contributed by atoms with Crippen molar-refractivity contribution in [2.75, 3.05) is 20.0 Å². The third-order valence-corrected chi connectivity index (χ3v) is 13.4. The van der Waals surface area contributed by atoms with Crippen molar-refractivity contribution in [2.45, 2.75) is 71.7 Å². The fraction of sp³-hybridized carbons (Fsp3) is 0.314. The monoisotopic (exact) mass is 810 g/mol. The molecule has 0 N–H and O–H groups in total. The quantitative estimate of drug-likeness (QED) is 0.154. The van der Waals surface area contributed by atoms with Gasteiger partial charge >= 0.3 is 0 Å². The van der Waals surface area contributed by atoms with Crippen molar-refractivity contribution in [3.05, 3.63) is 119 Å². The van der Waals surface area contributed by atoms with E-state index in [0.717, 1.165) is 22.3 Å². The molecule has 4 aromatic carbocycles. The largest absolute Gasteiger partial charge is 0.347 e. The van der Waals surface area contributed by atoms with Gasteiger partial charge in [-0.1, -0.05) is 70.8 Å². The number of ether oxygens (including phenoxy) is 2. The van der Waals surface area contributed by atoms with E-state index >= 15 is 0 Å². The molecule has 4 aromatic rings. The molecule has 286 valence electrons. The van der Waals surface area contributed by atoms with Gasteiger partial charge in [-0.25, -0.2) is 0 Å². The Morgan fingerprint density at radius 2 is 0.906 bits per heavy atom. The molecule has 1 saturated heterocycles. The number of benzene rings is 4. The average molecular weight is 811 g/mol. The Morgan fingerprint density at radius 1 is 0.528 bits per heavy atom. The summed E-state index contributed by atoms with van der Waals surface area (Å²) in [6, 6.07) is 22.5. The van der Waals surface area contributed by atoms with Gasteiger partial charge in [0.25, 0.3) is 40.5 Å². The molecule has 0 amide bonds. The van der Waals surface area contributed by atoms with Gasteiger partial charge in [-0.2, -0.15) is 33.7 Å². The van der Waals surface area contributed by atoms with Crippen LogP contribution in [0.4, 0.5) is 0 Å². The van der Waals surface area contributed by atoms with Crippen LogP contribution in [0.25, 0.3) is 0 Å². The lowest BCUT2D eigenvalue weighted by molar-refractivity contribution is -0.247. The van der Waals surface area contributed by atoms with Crippen LogP contribution in [0.5, 0.6) is 0 Å². The number of hydrogen-bond acceptors (Lipinski definition) is 14. The van der Waals surface area contributed by atoms with Crippen LogP contribution in [-0.2, 0) is 66.7 Å². The van der Waals surface area contributed by atoms with Gasteiger partial charge in [0, 0.05) is 0 Å². The minimum atomic E-state index is -4.71. The summed E-state index contributed by atoms with van der Waals surface area (Å²) in [6.45, 7) is 4.46. The Kier molecular flexibility index (Phi) is 12.6. The van der Waals surface area contributed by atoms with E-state index < -0.39 is 84.9 Å². The van der Waals surface area contributed by atoms with E-state index in [4.69, 9.17) is 26.2 Å². The maximum Gasteiger partial charge on any atom is 0.297 e. The summed E-state index contributed by atoms with van der Waals surface area (Å²) in [5.74, 6) is 0. The third-order valence-electron chi connectivity index (χ3n) is 8.10. The van der Waals surface area contributed by atoms with Crippen molar-refractivity contribution >= 4 is 40.5 Å². The molecule has 5 rings (SSSR count). The number of rotatable bonds is 15. The minimum Gasteiger partial charge on any atom is -0.347 e. The molecule has 0 unspecified atom stereocenters. The Bertz CT molecular complexity index is 2310. The summed E-state index contributed by atoms with van der Waals surface area (Å²) >= 11 is 0. The van der Waals surface area contributed by atoms with Crippen molar-refractivity contribution in [2.24, 2.45) is 0 Å². The molecule has 1 aliphatic heterocycles. The smallest absolute Gasteiger partial charge is 0.297 e. The van der Waals surface area contributed by atoms with Gasteiger partial charge in [0.15, 0.2) is 0 Å². The summed E-state index contributed by atoms with van der Waals surface area (Å²) in [6.07, 6.45) is -7.13. The van der Waals surface area contributed by atoms with Crippen LogP contribution >= 0.6 is 0 Å². The first kappa shape index (κ1) is 40.6. The normalized spacial score (nSPS) is 19.1. The summed E-state index contributed by atoms with van der Waals surface area (Å²) < 4.78 is 140. The second kappa shape index (κ2) is 16.4. The zero-order valence-corrected chi connectivity index (χ0v) is 32.3. The minimum absolute atomic E-state index is 0.198. The zero-order valence-electron chi connectivity index (χ0n) is 29.0. The second-order valence-electron chi connectivity index (χ2n) is 12.3. The van der Waals surface area contributed by atoms with E-state index in [1.54, 1.807) is 39.8 Å². The summed E-state index contributed by atoms with van der Waals surface area (Å²) in [7, 11) is -18.4. The van der Waals surface area contributed by atoms with Crippen LogP contribution < -0.4 is 0 Å². The highest BCUT2D eigenvalue weighted by molar-refractivity contribution is 7.87. The second-order valence-corrected chi connectivity index (χ2v) is 18.7. The molecule has 0 bridgehead atoms. The SMILES string of the molecule is Cc1ccc(S(=O)(=O)OC[C@@H](OS(=O)(=O)c2ccc(C)cc2)[C@@H]2OCO[C@H](COS(=O)(=O)c3ccc(C)cc3)[C@H]2OS(=O)(=O)c2ccc(C)cc2)cc1. The van der Waals surface area contributed by atoms with E-state index in [-0.39, 0.29) is 19.6 Å². The molecule has 0 aliphatic carbocycles. The molecule has 0 radical (unpaired) electrons. The van der Waals surface area contributed by atoms with Crippen molar-refractivity contribution in [3.8, 4) is 0 Å². The van der Waals surface area contributed by atoms with E-state index in [9.17, 15) is 33.7 Å². The highest BCUT2D eigenvalue weighted by Crippen LogP contribution is 2.30. The summed E-state index contributed by atoms with van der Waals surface area (Å²) in [5, 5.41) is 0. The molecule has 0 aromatic heterocycles. The van der Waals surface area contributed by atoms with Gasteiger partial charge in [0.05, 0.1) is 32.8 Å². The fourth-order valence-corrected chi connectivity index (χ4v) is 9.07. The molecule has 0 spiro atoms. The van der Waals surface area contributed by atoms with Gasteiger partial charge in [-0.15, -0.1) is 0 Å². The van der Waals surface area contributed by atoms with Crippen LogP contribution in [0.3, 0.4) is 0 Å². The maximum atomic E-state index is 13.7. The Morgan fingerprint density at radius 3 is 1.34 bits per heavy atom. The van der Waals surface area contributed by atoms with E-state index in [2.05, 4.69) is 0 Å². The molecule has 0 saturated carbocycles. The lowest BCUT2D eigenvalue weighted by atomic mass is 10.0. The van der Waals surface area contributed by atoms with Gasteiger partial charge in [-0.05, 0) is 76.2 Å². The molecule has 53 heavy (non-hydrogen) atoms. The Balaban J connectivity index is 1.53. The van der Waals surface area contributed by atoms with E-state index in [1.807, 2.05) is 0 Å². The standard InChI is InChI=1S/C35H38O14S4/c1-24-5-13-28(14-6-24)50(36,37)46-21-32-35(49-53(42,43)31-19-11-27(4)12-20-31)34(45-23-44-32)33(48-52(40,41)30-17-9-26(3)10-18-30)22-47-51(38,39)29-15-7-25(2)8-16-29/h5-20,32-35H,21-23H2,1-4H3/t32-,33-,34+,35-/m1/s1. The lowest BCUT2D eigenvalue weighted by Crippen LogP contribution is -2.57. The number of aryl methyl sites for hydroxylation is 4. The highest BCUT2D eigenvalue weighted by Gasteiger charge is 2.47.